The Bertz CT molecular complexity index is 996. The van der Waals surface area contributed by atoms with Gasteiger partial charge in [-0.25, -0.2) is 0 Å². The standard InChI is InChI=1S/C29H42O4/c1-24(2)19-7-10-27(5)22(26(19,4)9-8-21(24)31)18(30)13-16-17-14-25(3)11-12-29(17,23(32)33)20(25)15-28(16,27)6/h13,17,19-22,31H,7-12,14-15H2,1-6H3,(H,32,33). The zero-order valence-corrected chi connectivity index (χ0v) is 21.3. The minimum atomic E-state index is -0.665. The van der Waals surface area contributed by atoms with Crippen LogP contribution < -0.4 is 0 Å². The van der Waals surface area contributed by atoms with Gasteiger partial charge in [-0.15, -0.1) is 0 Å². The third-order valence-electron chi connectivity index (χ3n) is 13.5. The van der Waals surface area contributed by atoms with E-state index in [0.29, 0.717) is 5.92 Å². The number of allylic oxidation sites excluding steroid dienone is 2. The highest BCUT2D eigenvalue weighted by molar-refractivity contribution is 5.96. The van der Waals surface area contributed by atoms with Gasteiger partial charge in [-0.3, -0.25) is 9.59 Å². The molecule has 0 aliphatic heterocycles. The van der Waals surface area contributed by atoms with Crippen molar-refractivity contribution in [2.45, 2.75) is 99.0 Å². The molecule has 33 heavy (non-hydrogen) atoms. The first-order valence-corrected chi connectivity index (χ1v) is 13.4. The second kappa shape index (κ2) is 5.97. The van der Waals surface area contributed by atoms with Gasteiger partial charge in [0.05, 0.1) is 11.5 Å². The lowest BCUT2D eigenvalue weighted by atomic mass is 9.34. The largest absolute Gasteiger partial charge is 0.481 e. The summed E-state index contributed by atoms with van der Waals surface area (Å²) in [7, 11) is 0. The predicted octanol–water partition coefficient (Wildman–Crippen LogP) is 5.63. The van der Waals surface area contributed by atoms with E-state index in [1.54, 1.807) is 0 Å². The second-order valence-electron chi connectivity index (χ2n) is 14.7. The fraction of sp³-hybridized carbons (Fsp3) is 0.862. The van der Waals surface area contributed by atoms with E-state index in [4.69, 9.17) is 0 Å². The summed E-state index contributed by atoms with van der Waals surface area (Å²) in [6.45, 7) is 13.9. The summed E-state index contributed by atoms with van der Waals surface area (Å²) in [4.78, 5) is 26.9. The van der Waals surface area contributed by atoms with Crippen molar-refractivity contribution in [3.63, 3.8) is 0 Å². The van der Waals surface area contributed by atoms with Gasteiger partial charge in [-0.05, 0) is 102 Å². The highest BCUT2D eigenvalue weighted by Crippen LogP contribution is 2.81. The van der Waals surface area contributed by atoms with Crippen molar-refractivity contribution in [2.24, 2.45) is 56.2 Å². The third kappa shape index (κ3) is 2.17. The molecule has 6 aliphatic carbocycles. The second-order valence-corrected chi connectivity index (χ2v) is 14.7. The maximum Gasteiger partial charge on any atom is 0.310 e. The number of hydrogen-bond donors (Lipinski definition) is 2. The average molecular weight is 455 g/mol. The molecule has 5 fully saturated rings. The van der Waals surface area contributed by atoms with Gasteiger partial charge in [-0.2, -0.15) is 0 Å². The maximum absolute atomic E-state index is 14.1. The number of carboxylic acid groups (broad SMARTS) is 1. The molecule has 0 aromatic carbocycles. The van der Waals surface area contributed by atoms with E-state index in [9.17, 15) is 19.8 Å². The van der Waals surface area contributed by atoms with Crippen LogP contribution in [-0.2, 0) is 9.59 Å². The Balaban J connectivity index is 1.52. The van der Waals surface area contributed by atoms with E-state index >= 15 is 0 Å². The number of aliphatic hydroxyl groups excluding tert-OH is 1. The van der Waals surface area contributed by atoms with Crippen molar-refractivity contribution in [2.75, 3.05) is 0 Å². The van der Waals surface area contributed by atoms with E-state index in [0.717, 1.165) is 51.4 Å². The zero-order valence-electron chi connectivity index (χ0n) is 21.3. The molecule has 0 radical (unpaired) electrons. The molecule has 0 aromatic heterocycles. The highest BCUT2D eigenvalue weighted by Gasteiger charge is 2.78. The fourth-order valence-electron chi connectivity index (χ4n) is 11.6. The molecule has 2 N–H and O–H groups in total. The van der Waals surface area contributed by atoms with Crippen LogP contribution in [0.1, 0.15) is 92.9 Å². The van der Waals surface area contributed by atoms with Crippen LogP contribution in [0.15, 0.2) is 11.6 Å². The monoisotopic (exact) mass is 454 g/mol. The molecule has 4 heteroatoms. The molecule has 0 amide bonds. The normalized spacial score (nSPS) is 58.2. The fourth-order valence-corrected chi connectivity index (χ4v) is 11.6. The summed E-state index contributed by atoms with van der Waals surface area (Å²) < 4.78 is 0. The average Bonchev–Trinajstić information content (AvgIpc) is 3.09. The summed E-state index contributed by atoms with van der Waals surface area (Å²) in [5.41, 5.74) is 0.00137. The van der Waals surface area contributed by atoms with Crippen LogP contribution in [0.2, 0.25) is 0 Å². The molecule has 0 spiro atoms. The lowest BCUT2D eigenvalue weighted by Gasteiger charge is -2.69. The smallest absolute Gasteiger partial charge is 0.310 e. The van der Waals surface area contributed by atoms with Gasteiger partial charge in [0.1, 0.15) is 0 Å². The minimum Gasteiger partial charge on any atom is -0.481 e. The van der Waals surface area contributed by atoms with Crippen molar-refractivity contribution in [3.8, 4) is 0 Å². The number of hydrogen-bond acceptors (Lipinski definition) is 3. The Morgan fingerprint density at radius 1 is 0.939 bits per heavy atom. The summed E-state index contributed by atoms with van der Waals surface area (Å²) in [5, 5.41) is 21.3. The summed E-state index contributed by atoms with van der Waals surface area (Å²) in [5.74, 6) is 0.114. The van der Waals surface area contributed by atoms with Gasteiger partial charge in [0.15, 0.2) is 5.78 Å². The molecular formula is C29H42O4. The van der Waals surface area contributed by atoms with E-state index < -0.39 is 11.4 Å². The van der Waals surface area contributed by atoms with Crippen molar-refractivity contribution in [1.82, 2.24) is 0 Å². The van der Waals surface area contributed by atoms with Gasteiger partial charge in [0.2, 0.25) is 0 Å². The highest BCUT2D eigenvalue weighted by atomic mass is 16.4. The minimum absolute atomic E-state index is 0.00868. The van der Waals surface area contributed by atoms with Gasteiger partial charge in [0.25, 0.3) is 0 Å². The summed E-state index contributed by atoms with van der Waals surface area (Å²) in [6.07, 6.45) is 8.96. The van der Waals surface area contributed by atoms with Crippen LogP contribution in [-0.4, -0.2) is 28.1 Å². The lowest BCUT2D eigenvalue weighted by Crippen LogP contribution is -2.66. The molecule has 10 atom stereocenters. The van der Waals surface area contributed by atoms with Gasteiger partial charge >= 0.3 is 5.97 Å². The van der Waals surface area contributed by atoms with Crippen LogP contribution in [0.5, 0.6) is 0 Å². The first kappa shape index (κ1) is 22.3. The van der Waals surface area contributed by atoms with Gasteiger partial charge in [0, 0.05) is 5.92 Å². The number of rotatable bonds is 1. The molecule has 6 rings (SSSR count). The molecule has 10 unspecified atom stereocenters. The first-order valence-electron chi connectivity index (χ1n) is 13.4. The Kier molecular flexibility index (Phi) is 4.03. The molecule has 0 saturated heterocycles. The number of carboxylic acids is 1. The van der Waals surface area contributed by atoms with Crippen LogP contribution in [0.3, 0.4) is 0 Å². The Hall–Kier alpha value is -1.16. The van der Waals surface area contributed by atoms with E-state index in [1.807, 2.05) is 6.08 Å². The molecule has 5 saturated carbocycles. The molecular weight excluding hydrogens is 412 g/mol. The summed E-state index contributed by atoms with van der Waals surface area (Å²) in [6, 6.07) is 0. The van der Waals surface area contributed by atoms with Gasteiger partial charge in [-0.1, -0.05) is 47.1 Å². The van der Waals surface area contributed by atoms with Gasteiger partial charge < -0.3 is 10.2 Å². The molecule has 4 bridgehead atoms. The molecule has 0 heterocycles. The number of carbonyl (C=O) groups excluding carboxylic acids is 1. The van der Waals surface area contributed by atoms with E-state index in [2.05, 4.69) is 41.5 Å². The lowest BCUT2D eigenvalue weighted by molar-refractivity contribution is -0.203. The quantitative estimate of drug-likeness (QED) is 0.538. The number of ketones is 1. The molecule has 6 aliphatic rings. The molecule has 0 aromatic rings. The van der Waals surface area contributed by atoms with Crippen LogP contribution in [0, 0.1) is 56.2 Å². The number of fused-ring (bicyclic) bond motifs is 6. The Labute approximate surface area is 198 Å². The Morgan fingerprint density at radius 3 is 2.30 bits per heavy atom. The molecule has 4 nitrogen and oxygen atoms in total. The van der Waals surface area contributed by atoms with E-state index in [-0.39, 0.29) is 56.7 Å². The summed E-state index contributed by atoms with van der Waals surface area (Å²) >= 11 is 0. The van der Waals surface area contributed by atoms with Crippen molar-refractivity contribution >= 4 is 11.8 Å². The number of aliphatic carboxylic acids is 1. The van der Waals surface area contributed by atoms with Crippen molar-refractivity contribution in [1.29, 1.82) is 0 Å². The topological polar surface area (TPSA) is 74.6 Å². The van der Waals surface area contributed by atoms with Crippen LogP contribution >= 0.6 is 0 Å². The number of carbonyl (C=O) groups is 2. The first-order chi connectivity index (χ1) is 15.2. The van der Waals surface area contributed by atoms with Crippen LogP contribution in [0.4, 0.5) is 0 Å². The van der Waals surface area contributed by atoms with Crippen molar-refractivity contribution < 1.29 is 19.8 Å². The maximum atomic E-state index is 14.1. The molecule has 182 valence electrons. The SMILES string of the molecule is CC12CCC3(C(=O)O)C(C1)C1=CC(=O)C4C5(C)CCC(O)C(C)(C)C5CCC4(C)C1(C)CC23. The van der Waals surface area contributed by atoms with E-state index in [1.165, 1.54) is 5.57 Å². The predicted molar refractivity (Wildman–Crippen MR) is 126 cm³/mol. The zero-order chi connectivity index (χ0) is 24.0. The number of aliphatic hydroxyl groups is 1. The Morgan fingerprint density at radius 2 is 1.64 bits per heavy atom. The van der Waals surface area contributed by atoms with Crippen LogP contribution in [0.25, 0.3) is 0 Å². The third-order valence-corrected chi connectivity index (χ3v) is 13.5. The van der Waals surface area contributed by atoms with Crippen molar-refractivity contribution in [3.05, 3.63) is 11.6 Å².